The second-order valence-corrected chi connectivity index (χ2v) is 2.32. The molecule has 0 radical (unpaired) electrons. The Balaban J connectivity index is 3.49. The maximum absolute atomic E-state index is 10.4. The van der Waals surface area contributed by atoms with Crippen molar-refractivity contribution in [2.24, 2.45) is 5.73 Å². The highest BCUT2D eigenvalue weighted by Gasteiger charge is 2.08. The van der Waals surface area contributed by atoms with E-state index in [4.69, 9.17) is 10.5 Å². The summed E-state index contributed by atoms with van der Waals surface area (Å²) in [6, 6.07) is 0. The summed E-state index contributed by atoms with van der Waals surface area (Å²) in [5.41, 5.74) is 4.98. The van der Waals surface area contributed by atoms with Gasteiger partial charge in [-0.25, -0.2) is 0 Å². The number of ether oxygens (including phenoxy) is 1. The fourth-order valence-corrected chi connectivity index (χ4v) is 0.850. The van der Waals surface area contributed by atoms with Gasteiger partial charge in [-0.15, -0.1) is 0 Å². The number of methoxy groups -OCH3 is 1. The maximum Gasteiger partial charge on any atom is 0.220 e. The van der Waals surface area contributed by atoms with Crippen LogP contribution in [0.4, 0.5) is 0 Å². The van der Waals surface area contributed by atoms with Gasteiger partial charge in [0.25, 0.3) is 0 Å². The molecule has 0 aliphatic rings. The Morgan fingerprint density at radius 1 is 1.70 bits per heavy atom. The highest BCUT2D eigenvalue weighted by Crippen LogP contribution is 2.04. The summed E-state index contributed by atoms with van der Waals surface area (Å²) in [4.78, 5) is 10.4. The number of carbonyl (C=O) groups is 1. The van der Waals surface area contributed by atoms with E-state index in [1.165, 1.54) is 0 Å². The van der Waals surface area contributed by atoms with Gasteiger partial charge in [0.1, 0.15) is 0 Å². The molecule has 0 saturated carbocycles. The lowest BCUT2D eigenvalue weighted by Crippen LogP contribution is -2.21. The van der Waals surface area contributed by atoms with E-state index in [-0.39, 0.29) is 12.0 Å². The lowest BCUT2D eigenvalue weighted by atomic mass is 10.1. The molecule has 0 aliphatic heterocycles. The first kappa shape index (κ1) is 9.43. The van der Waals surface area contributed by atoms with Crippen molar-refractivity contribution in [2.75, 3.05) is 7.11 Å². The molecule has 60 valence electrons. The van der Waals surface area contributed by atoms with E-state index in [1.54, 1.807) is 7.11 Å². The Morgan fingerprint density at radius 2 is 2.30 bits per heavy atom. The predicted octanol–water partition coefficient (Wildman–Crippen LogP) is 0.677. The highest BCUT2D eigenvalue weighted by molar-refractivity contribution is 5.74. The Bertz CT molecular complexity index is 104. The molecule has 0 aromatic heterocycles. The van der Waals surface area contributed by atoms with E-state index in [0.717, 1.165) is 12.8 Å². The lowest BCUT2D eigenvalue weighted by Gasteiger charge is -2.10. The second-order valence-electron chi connectivity index (χ2n) is 2.32. The van der Waals surface area contributed by atoms with Gasteiger partial charge >= 0.3 is 0 Å². The molecule has 0 spiro atoms. The fraction of sp³-hybridized carbons (Fsp3) is 0.857. The predicted molar refractivity (Wildman–Crippen MR) is 39.5 cm³/mol. The topological polar surface area (TPSA) is 52.3 Å². The molecule has 0 aliphatic carbocycles. The zero-order valence-corrected chi connectivity index (χ0v) is 6.59. The van der Waals surface area contributed by atoms with Crippen LogP contribution in [-0.2, 0) is 9.53 Å². The summed E-state index contributed by atoms with van der Waals surface area (Å²) in [6.45, 7) is 2.05. The first-order valence-electron chi connectivity index (χ1n) is 3.51. The maximum atomic E-state index is 10.4. The first-order chi connectivity index (χ1) is 4.70. The highest BCUT2D eigenvalue weighted by atomic mass is 16.5. The molecule has 0 aromatic carbocycles. The molecule has 0 fully saturated rings. The first-order valence-corrected chi connectivity index (χ1v) is 3.51. The quantitative estimate of drug-likeness (QED) is 0.618. The van der Waals surface area contributed by atoms with E-state index in [0.29, 0.717) is 6.42 Å². The van der Waals surface area contributed by atoms with Crippen molar-refractivity contribution in [3.05, 3.63) is 0 Å². The molecule has 3 heteroatoms. The lowest BCUT2D eigenvalue weighted by molar-refractivity contribution is -0.120. The molecule has 1 atom stereocenters. The van der Waals surface area contributed by atoms with Crippen LogP contribution >= 0.6 is 0 Å². The monoisotopic (exact) mass is 145 g/mol. The average Bonchev–Trinajstić information content (AvgIpc) is 1.86. The van der Waals surface area contributed by atoms with Crippen molar-refractivity contribution in [3.8, 4) is 0 Å². The minimum atomic E-state index is -0.291. The molecule has 3 nitrogen and oxygen atoms in total. The largest absolute Gasteiger partial charge is 0.381 e. The van der Waals surface area contributed by atoms with E-state index in [9.17, 15) is 4.79 Å². The number of primary amides is 1. The van der Waals surface area contributed by atoms with Crippen LogP contribution in [0.5, 0.6) is 0 Å². The molecular weight excluding hydrogens is 130 g/mol. The molecule has 0 rings (SSSR count). The number of rotatable bonds is 5. The third kappa shape index (κ3) is 4.32. The number of nitrogens with two attached hydrogens (primary N) is 1. The van der Waals surface area contributed by atoms with Gasteiger partial charge in [-0.05, 0) is 6.42 Å². The minimum Gasteiger partial charge on any atom is -0.381 e. The molecule has 10 heavy (non-hydrogen) atoms. The van der Waals surface area contributed by atoms with Gasteiger partial charge in [-0.3, -0.25) is 4.79 Å². The van der Waals surface area contributed by atoms with E-state index >= 15 is 0 Å². The molecule has 0 aromatic rings. The number of carbonyl (C=O) groups excluding carboxylic acids is 1. The third-order valence-electron chi connectivity index (χ3n) is 1.37. The number of hydrogen-bond acceptors (Lipinski definition) is 2. The van der Waals surface area contributed by atoms with Gasteiger partial charge in [-0.1, -0.05) is 13.3 Å². The summed E-state index contributed by atoms with van der Waals surface area (Å²) in [5.74, 6) is -0.291. The van der Waals surface area contributed by atoms with Crippen LogP contribution < -0.4 is 5.73 Å². The van der Waals surface area contributed by atoms with Gasteiger partial charge in [0, 0.05) is 7.11 Å². The number of hydrogen-bond donors (Lipinski definition) is 1. The summed E-state index contributed by atoms with van der Waals surface area (Å²) < 4.78 is 5.00. The van der Waals surface area contributed by atoms with Crippen LogP contribution in [0.15, 0.2) is 0 Å². The van der Waals surface area contributed by atoms with Crippen LogP contribution in [-0.4, -0.2) is 19.1 Å². The van der Waals surface area contributed by atoms with Crippen molar-refractivity contribution < 1.29 is 9.53 Å². The second kappa shape index (κ2) is 5.23. The third-order valence-corrected chi connectivity index (χ3v) is 1.37. The van der Waals surface area contributed by atoms with Crippen LogP contribution in [0, 0.1) is 0 Å². The van der Waals surface area contributed by atoms with E-state index in [2.05, 4.69) is 0 Å². The summed E-state index contributed by atoms with van der Waals surface area (Å²) in [6.07, 6.45) is 2.28. The van der Waals surface area contributed by atoms with Gasteiger partial charge < -0.3 is 10.5 Å². The zero-order valence-electron chi connectivity index (χ0n) is 6.59. The van der Waals surface area contributed by atoms with Crippen LogP contribution in [0.1, 0.15) is 26.2 Å². The normalized spacial score (nSPS) is 13.0. The Hall–Kier alpha value is -0.570. The SMILES string of the molecule is CCCC(CC(N)=O)OC. The average molecular weight is 145 g/mol. The molecule has 2 N–H and O–H groups in total. The van der Waals surface area contributed by atoms with Crippen LogP contribution in [0.3, 0.4) is 0 Å². The van der Waals surface area contributed by atoms with Gasteiger partial charge in [-0.2, -0.15) is 0 Å². The molecule has 0 heterocycles. The van der Waals surface area contributed by atoms with Crippen LogP contribution in [0.25, 0.3) is 0 Å². The van der Waals surface area contributed by atoms with Crippen molar-refractivity contribution in [1.29, 1.82) is 0 Å². The van der Waals surface area contributed by atoms with Gasteiger partial charge in [0.2, 0.25) is 5.91 Å². The minimum absolute atomic E-state index is 0.0162. The van der Waals surface area contributed by atoms with Crippen molar-refractivity contribution in [2.45, 2.75) is 32.3 Å². The standard InChI is InChI=1S/C7H15NO2/c1-3-4-6(10-2)5-7(8)9/h6H,3-5H2,1-2H3,(H2,8,9). The summed E-state index contributed by atoms with van der Waals surface area (Å²) >= 11 is 0. The smallest absolute Gasteiger partial charge is 0.220 e. The van der Waals surface area contributed by atoms with Crippen molar-refractivity contribution in [3.63, 3.8) is 0 Å². The molecule has 0 bridgehead atoms. The Morgan fingerprint density at radius 3 is 2.60 bits per heavy atom. The summed E-state index contributed by atoms with van der Waals surface area (Å²) in [7, 11) is 1.60. The molecule has 1 unspecified atom stereocenters. The molecule has 1 amide bonds. The van der Waals surface area contributed by atoms with Gasteiger partial charge in [0.05, 0.1) is 12.5 Å². The van der Waals surface area contributed by atoms with Crippen LogP contribution in [0.2, 0.25) is 0 Å². The van der Waals surface area contributed by atoms with Crippen molar-refractivity contribution in [1.82, 2.24) is 0 Å². The molecular formula is C7H15NO2. The van der Waals surface area contributed by atoms with E-state index in [1.807, 2.05) is 6.92 Å². The van der Waals surface area contributed by atoms with Gasteiger partial charge in [0.15, 0.2) is 0 Å². The molecule has 0 saturated heterocycles. The zero-order chi connectivity index (χ0) is 7.98. The van der Waals surface area contributed by atoms with E-state index < -0.39 is 0 Å². The Kier molecular flexibility index (Phi) is 4.94. The number of amides is 1. The Labute approximate surface area is 61.5 Å². The summed E-state index contributed by atoms with van der Waals surface area (Å²) in [5, 5.41) is 0. The van der Waals surface area contributed by atoms with Crippen molar-refractivity contribution >= 4 is 5.91 Å². The fourth-order valence-electron chi connectivity index (χ4n) is 0.850.